The highest BCUT2D eigenvalue weighted by Crippen LogP contribution is 2.26. The number of nitrogens with zero attached hydrogens (tertiary/aromatic N) is 3. The van der Waals surface area contributed by atoms with Gasteiger partial charge in [0.25, 0.3) is 0 Å². The van der Waals surface area contributed by atoms with Gasteiger partial charge in [-0.05, 0) is 48.9 Å². The van der Waals surface area contributed by atoms with Gasteiger partial charge in [0.2, 0.25) is 5.88 Å². The molecule has 7 nitrogen and oxygen atoms in total. The van der Waals surface area contributed by atoms with Crippen LogP contribution >= 0.6 is 0 Å². The van der Waals surface area contributed by atoms with Crippen LogP contribution in [0.25, 0.3) is 10.9 Å². The van der Waals surface area contributed by atoms with Gasteiger partial charge >= 0.3 is 6.03 Å². The molecule has 164 valence electrons. The Hall–Kier alpha value is -3.71. The van der Waals surface area contributed by atoms with Crippen LogP contribution in [0.3, 0.4) is 0 Å². The van der Waals surface area contributed by atoms with Crippen molar-refractivity contribution in [1.82, 2.24) is 19.9 Å². The van der Waals surface area contributed by atoms with Crippen LogP contribution in [0.5, 0.6) is 11.6 Å². The minimum absolute atomic E-state index is 0.213. The zero-order valence-electron chi connectivity index (χ0n) is 18.5. The fourth-order valence-corrected chi connectivity index (χ4v) is 3.42. The van der Waals surface area contributed by atoms with Gasteiger partial charge in [-0.3, -0.25) is 4.57 Å². The van der Waals surface area contributed by atoms with Crippen LogP contribution in [0.4, 0.5) is 10.5 Å². The van der Waals surface area contributed by atoms with Gasteiger partial charge in [-0.25, -0.2) is 9.78 Å². The van der Waals surface area contributed by atoms with Crippen molar-refractivity contribution in [3.8, 4) is 11.6 Å². The number of nitrogens with one attached hydrogen (secondary N) is 2. The third-order valence-corrected chi connectivity index (χ3v) is 4.95. The highest BCUT2D eigenvalue weighted by Gasteiger charge is 2.11. The topological polar surface area (TPSA) is 81.1 Å². The molecule has 0 fully saturated rings. The largest absolute Gasteiger partial charge is 0.439 e. The Morgan fingerprint density at radius 1 is 1.12 bits per heavy atom. The van der Waals surface area contributed by atoms with Crippen LogP contribution in [0, 0.1) is 6.92 Å². The van der Waals surface area contributed by atoms with Crippen LogP contribution in [0.2, 0.25) is 0 Å². The number of hydrogen-bond acceptors (Lipinski definition) is 5. The van der Waals surface area contributed by atoms with Crippen molar-refractivity contribution < 1.29 is 9.53 Å². The summed E-state index contributed by atoms with van der Waals surface area (Å²) in [5.41, 5.74) is 2.65. The fraction of sp³-hybridized carbons (Fsp3) is 0.240. The third-order valence-electron chi connectivity index (χ3n) is 4.95. The summed E-state index contributed by atoms with van der Waals surface area (Å²) in [5.74, 6) is 1.88. The Morgan fingerprint density at radius 3 is 2.81 bits per heavy atom. The Bertz CT molecular complexity index is 1230. The van der Waals surface area contributed by atoms with Crippen LogP contribution < -0.4 is 15.4 Å². The summed E-state index contributed by atoms with van der Waals surface area (Å²) in [6.07, 6.45) is 4.19. The second kappa shape index (κ2) is 9.62. The zero-order chi connectivity index (χ0) is 22.5. The molecule has 0 aliphatic rings. The molecule has 2 aromatic carbocycles. The van der Waals surface area contributed by atoms with Crippen LogP contribution in [-0.2, 0) is 6.42 Å². The van der Waals surface area contributed by atoms with E-state index in [1.807, 2.05) is 55.5 Å². The van der Waals surface area contributed by atoms with E-state index < -0.39 is 0 Å². The number of rotatable bonds is 7. The minimum atomic E-state index is -0.213. The first-order chi connectivity index (χ1) is 15.5. The van der Waals surface area contributed by atoms with Crippen molar-refractivity contribution in [2.45, 2.75) is 33.2 Å². The Kier molecular flexibility index (Phi) is 6.47. The number of benzene rings is 2. The average molecular weight is 430 g/mol. The van der Waals surface area contributed by atoms with Gasteiger partial charge in [-0.1, -0.05) is 26.0 Å². The highest BCUT2D eigenvalue weighted by atomic mass is 16.5. The lowest BCUT2D eigenvalue weighted by molar-refractivity contribution is 0.254. The van der Waals surface area contributed by atoms with E-state index >= 15 is 0 Å². The van der Waals surface area contributed by atoms with Gasteiger partial charge in [0, 0.05) is 48.5 Å². The standard InChI is InChI=1S/C25H27N5O2/c1-17(2)26-12-9-23-27-13-10-24(29-23)32-21-7-8-22-19(16-21)11-14-30(22)25(31)28-20-6-4-5-18(3)15-20/h4-8,10-11,13-17,26H,9,12H2,1-3H3,(H,28,31). The summed E-state index contributed by atoms with van der Waals surface area (Å²) in [7, 11) is 0. The maximum absolute atomic E-state index is 12.7. The summed E-state index contributed by atoms with van der Waals surface area (Å²) in [4.78, 5) is 21.5. The van der Waals surface area contributed by atoms with Crippen molar-refractivity contribution in [2.24, 2.45) is 0 Å². The molecule has 0 bridgehead atoms. The number of carbonyl (C=O) groups is 1. The van der Waals surface area contributed by atoms with E-state index in [0.29, 0.717) is 17.7 Å². The van der Waals surface area contributed by atoms with E-state index in [0.717, 1.165) is 40.9 Å². The number of amides is 1. The van der Waals surface area contributed by atoms with Crippen LogP contribution in [-0.4, -0.2) is 33.2 Å². The monoisotopic (exact) mass is 429 g/mol. The number of carbonyl (C=O) groups excluding carboxylic acids is 1. The van der Waals surface area contributed by atoms with Crippen molar-refractivity contribution in [3.05, 3.63) is 78.4 Å². The quantitative estimate of drug-likeness (QED) is 0.424. The fourth-order valence-electron chi connectivity index (χ4n) is 3.42. The van der Waals surface area contributed by atoms with Crippen molar-refractivity contribution >= 4 is 22.6 Å². The number of fused-ring (bicyclic) bond motifs is 1. The molecule has 0 saturated carbocycles. The van der Waals surface area contributed by atoms with E-state index in [4.69, 9.17) is 4.74 Å². The van der Waals surface area contributed by atoms with Gasteiger partial charge in [-0.15, -0.1) is 0 Å². The SMILES string of the molecule is Cc1cccc(NC(=O)n2ccc3cc(Oc4ccnc(CCNC(C)C)n4)ccc32)c1. The maximum Gasteiger partial charge on any atom is 0.330 e. The number of aromatic nitrogens is 3. The van der Waals surface area contributed by atoms with Crippen LogP contribution in [0.1, 0.15) is 25.2 Å². The van der Waals surface area contributed by atoms with E-state index in [2.05, 4.69) is 34.4 Å². The lowest BCUT2D eigenvalue weighted by atomic mass is 10.2. The summed E-state index contributed by atoms with van der Waals surface area (Å²) in [6.45, 7) is 7.02. The molecule has 1 amide bonds. The molecule has 2 heterocycles. The normalized spacial score (nSPS) is 11.1. The first kappa shape index (κ1) is 21.5. The molecular weight excluding hydrogens is 402 g/mol. The number of hydrogen-bond donors (Lipinski definition) is 2. The summed E-state index contributed by atoms with van der Waals surface area (Å²) < 4.78 is 7.54. The molecule has 32 heavy (non-hydrogen) atoms. The smallest absolute Gasteiger partial charge is 0.330 e. The molecule has 2 N–H and O–H groups in total. The van der Waals surface area contributed by atoms with E-state index in [1.54, 1.807) is 23.0 Å². The van der Waals surface area contributed by atoms with Gasteiger partial charge in [0.15, 0.2) is 0 Å². The van der Waals surface area contributed by atoms with Gasteiger partial charge in [-0.2, -0.15) is 4.98 Å². The van der Waals surface area contributed by atoms with Crippen LogP contribution in [0.15, 0.2) is 67.0 Å². The summed E-state index contributed by atoms with van der Waals surface area (Å²) in [5, 5.41) is 7.19. The molecular formula is C25H27N5O2. The molecule has 0 aliphatic carbocycles. The maximum atomic E-state index is 12.7. The molecule has 7 heteroatoms. The highest BCUT2D eigenvalue weighted by molar-refractivity contribution is 5.98. The van der Waals surface area contributed by atoms with Crippen molar-refractivity contribution in [2.75, 3.05) is 11.9 Å². The predicted octanol–water partition coefficient (Wildman–Crippen LogP) is 5.15. The van der Waals surface area contributed by atoms with Gasteiger partial charge in [0.1, 0.15) is 11.6 Å². The minimum Gasteiger partial charge on any atom is -0.439 e. The Morgan fingerprint density at radius 2 is 2.00 bits per heavy atom. The molecule has 4 aromatic rings. The lowest BCUT2D eigenvalue weighted by Gasteiger charge is -2.09. The number of anilines is 1. The Balaban J connectivity index is 1.46. The van der Waals surface area contributed by atoms with E-state index in [9.17, 15) is 4.79 Å². The van der Waals surface area contributed by atoms with Crippen molar-refractivity contribution in [1.29, 1.82) is 0 Å². The van der Waals surface area contributed by atoms with E-state index in [1.165, 1.54) is 0 Å². The number of ether oxygens (including phenoxy) is 1. The summed E-state index contributed by atoms with van der Waals surface area (Å²) >= 11 is 0. The molecule has 0 saturated heterocycles. The summed E-state index contributed by atoms with van der Waals surface area (Å²) in [6, 6.07) is 17.2. The first-order valence-corrected chi connectivity index (χ1v) is 10.7. The molecule has 2 aromatic heterocycles. The molecule has 0 atom stereocenters. The van der Waals surface area contributed by atoms with Crippen molar-refractivity contribution in [3.63, 3.8) is 0 Å². The van der Waals surface area contributed by atoms with Gasteiger partial charge in [0.05, 0.1) is 5.52 Å². The zero-order valence-corrected chi connectivity index (χ0v) is 18.5. The average Bonchev–Trinajstić information content (AvgIpc) is 3.17. The third kappa shape index (κ3) is 5.31. The molecule has 0 aliphatic heterocycles. The number of aryl methyl sites for hydroxylation is 1. The Labute approximate surface area is 187 Å². The predicted molar refractivity (Wildman–Crippen MR) is 126 cm³/mol. The van der Waals surface area contributed by atoms with E-state index in [-0.39, 0.29) is 6.03 Å². The first-order valence-electron chi connectivity index (χ1n) is 10.7. The molecule has 0 radical (unpaired) electrons. The molecule has 0 unspecified atom stereocenters. The van der Waals surface area contributed by atoms with Gasteiger partial charge < -0.3 is 15.4 Å². The molecule has 4 rings (SSSR count). The second-order valence-electron chi connectivity index (χ2n) is 7.98. The molecule has 0 spiro atoms. The second-order valence-corrected chi connectivity index (χ2v) is 7.98. The lowest BCUT2D eigenvalue weighted by Crippen LogP contribution is -2.25.